The molecule has 20 heavy (non-hydrogen) atoms. The first-order chi connectivity index (χ1) is 9.60. The summed E-state index contributed by atoms with van der Waals surface area (Å²) in [6, 6.07) is -0.276. The van der Waals surface area contributed by atoms with Crippen LogP contribution in [-0.2, 0) is 9.53 Å². The minimum absolute atomic E-state index is 0.000346. The smallest absolute Gasteiger partial charge is 0.315 e. The van der Waals surface area contributed by atoms with Crippen molar-refractivity contribution in [2.75, 3.05) is 13.2 Å². The summed E-state index contributed by atoms with van der Waals surface area (Å²) in [5.74, 6) is -0.859. The summed E-state index contributed by atoms with van der Waals surface area (Å²) in [7, 11) is 0. The fourth-order valence-electron chi connectivity index (χ4n) is 3.15. The number of rotatable bonds is 5. The van der Waals surface area contributed by atoms with Gasteiger partial charge in [0.05, 0.1) is 18.1 Å². The molecule has 0 aromatic rings. The van der Waals surface area contributed by atoms with Crippen LogP contribution in [0.25, 0.3) is 0 Å². The third-order valence-electron chi connectivity index (χ3n) is 4.19. The van der Waals surface area contributed by atoms with Crippen LogP contribution in [0.1, 0.15) is 51.4 Å². The first kappa shape index (κ1) is 15.1. The molecular formula is C14H24N2O4. The minimum Gasteiger partial charge on any atom is -0.481 e. The maximum absolute atomic E-state index is 12.0. The molecule has 6 nitrogen and oxygen atoms in total. The zero-order valence-corrected chi connectivity index (χ0v) is 11.8. The molecular weight excluding hydrogens is 260 g/mol. The summed E-state index contributed by atoms with van der Waals surface area (Å²) in [5.41, 5.74) is -0.566. The molecule has 0 bridgehead atoms. The number of carbonyl (C=O) groups is 2. The van der Waals surface area contributed by atoms with Crippen molar-refractivity contribution >= 4 is 12.0 Å². The lowest BCUT2D eigenvalue weighted by atomic mass is 9.93. The maximum Gasteiger partial charge on any atom is 0.315 e. The molecule has 0 spiro atoms. The SMILES string of the molecule is O=C(O)CC1(NC(=O)NCC2CCCCO2)CCCC1. The van der Waals surface area contributed by atoms with Crippen LogP contribution in [0.3, 0.4) is 0 Å². The summed E-state index contributed by atoms with van der Waals surface area (Å²) >= 11 is 0. The predicted octanol–water partition coefficient (Wildman–Crippen LogP) is 1.64. The van der Waals surface area contributed by atoms with Crippen molar-refractivity contribution < 1.29 is 19.4 Å². The van der Waals surface area contributed by atoms with Crippen molar-refractivity contribution in [1.82, 2.24) is 10.6 Å². The lowest BCUT2D eigenvalue weighted by Crippen LogP contribution is -2.52. The highest BCUT2D eigenvalue weighted by Crippen LogP contribution is 2.32. The Balaban J connectivity index is 1.77. The molecule has 1 aliphatic carbocycles. The van der Waals surface area contributed by atoms with Crippen LogP contribution in [0, 0.1) is 0 Å². The molecule has 1 aliphatic heterocycles. The van der Waals surface area contributed by atoms with Crippen LogP contribution in [0.5, 0.6) is 0 Å². The Morgan fingerprint density at radius 3 is 2.55 bits per heavy atom. The summed E-state index contributed by atoms with van der Waals surface area (Å²) in [4.78, 5) is 22.9. The Morgan fingerprint density at radius 2 is 1.95 bits per heavy atom. The number of carboxylic acid groups (broad SMARTS) is 1. The number of urea groups is 1. The molecule has 0 radical (unpaired) electrons. The van der Waals surface area contributed by atoms with E-state index in [1.54, 1.807) is 0 Å². The second-order valence-electron chi connectivity index (χ2n) is 5.88. The molecule has 1 heterocycles. The molecule has 2 aliphatic rings. The van der Waals surface area contributed by atoms with Crippen LogP contribution in [0.15, 0.2) is 0 Å². The number of aliphatic carboxylic acids is 1. The quantitative estimate of drug-likeness (QED) is 0.716. The van der Waals surface area contributed by atoms with Crippen molar-refractivity contribution in [2.45, 2.75) is 63.0 Å². The summed E-state index contributed by atoms with van der Waals surface area (Å²) < 4.78 is 5.55. The van der Waals surface area contributed by atoms with Gasteiger partial charge in [0.2, 0.25) is 0 Å². The van der Waals surface area contributed by atoms with Gasteiger partial charge in [-0.3, -0.25) is 4.79 Å². The maximum atomic E-state index is 12.0. The second kappa shape index (κ2) is 6.92. The number of carboxylic acids is 1. The van der Waals surface area contributed by atoms with Crippen molar-refractivity contribution in [1.29, 1.82) is 0 Å². The number of ether oxygens (including phenoxy) is 1. The Kier molecular flexibility index (Phi) is 5.23. The Labute approximate surface area is 119 Å². The van der Waals surface area contributed by atoms with Gasteiger partial charge in [-0.05, 0) is 32.1 Å². The summed E-state index contributed by atoms with van der Waals surface area (Å²) in [5, 5.41) is 14.7. The number of hydrogen-bond acceptors (Lipinski definition) is 3. The van der Waals surface area contributed by atoms with E-state index in [0.29, 0.717) is 6.54 Å². The normalized spacial score (nSPS) is 25.1. The predicted molar refractivity (Wildman–Crippen MR) is 73.6 cm³/mol. The van der Waals surface area contributed by atoms with Gasteiger partial charge in [0.1, 0.15) is 0 Å². The first-order valence-electron chi connectivity index (χ1n) is 7.49. The second-order valence-corrected chi connectivity index (χ2v) is 5.88. The standard InChI is InChI=1S/C14H24N2O4/c17-12(18)9-14(6-2-3-7-14)16-13(19)15-10-11-5-1-4-8-20-11/h11H,1-10H2,(H,17,18)(H2,15,16,19). The lowest BCUT2D eigenvalue weighted by molar-refractivity contribution is -0.138. The van der Waals surface area contributed by atoms with E-state index < -0.39 is 11.5 Å². The Hall–Kier alpha value is -1.30. The van der Waals surface area contributed by atoms with Gasteiger partial charge in [-0.2, -0.15) is 0 Å². The molecule has 1 saturated carbocycles. The molecule has 1 saturated heterocycles. The Morgan fingerprint density at radius 1 is 1.20 bits per heavy atom. The average molecular weight is 284 g/mol. The third kappa shape index (κ3) is 4.37. The number of amides is 2. The van der Waals surface area contributed by atoms with E-state index in [2.05, 4.69) is 10.6 Å². The average Bonchev–Trinajstić information content (AvgIpc) is 2.85. The molecule has 0 aromatic carbocycles. The van der Waals surface area contributed by atoms with Crippen molar-refractivity contribution in [3.63, 3.8) is 0 Å². The fourth-order valence-corrected chi connectivity index (χ4v) is 3.15. The van der Waals surface area contributed by atoms with Crippen LogP contribution in [0.4, 0.5) is 4.79 Å². The van der Waals surface area contributed by atoms with E-state index in [1.807, 2.05) is 0 Å². The van der Waals surface area contributed by atoms with Gasteiger partial charge < -0.3 is 20.5 Å². The fraction of sp³-hybridized carbons (Fsp3) is 0.857. The van der Waals surface area contributed by atoms with Crippen LogP contribution >= 0.6 is 0 Å². The topological polar surface area (TPSA) is 87.7 Å². The molecule has 6 heteroatoms. The molecule has 0 aromatic heterocycles. The molecule has 1 atom stereocenters. The van der Waals surface area contributed by atoms with Gasteiger partial charge in [0, 0.05) is 13.2 Å². The number of hydrogen-bond donors (Lipinski definition) is 3. The highest BCUT2D eigenvalue weighted by molar-refractivity contribution is 5.76. The molecule has 114 valence electrons. The Bertz CT molecular complexity index is 347. The molecule has 1 unspecified atom stereocenters. The van der Waals surface area contributed by atoms with E-state index >= 15 is 0 Å². The van der Waals surface area contributed by atoms with E-state index in [1.165, 1.54) is 0 Å². The van der Waals surface area contributed by atoms with Gasteiger partial charge >= 0.3 is 12.0 Å². The van der Waals surface area contributed by atoms with Crippen molar-refractivity contribution in [2.24, 2.45) is 0 Å². The zero-order valence-electron chi connectivity index (χ0n) is 11.8. The number of nitrogens with one attached hydrogen (secondary N) is 2. The lowest BCUT2D eigenvalue weighted by Gasteiger charge is -2.29. The van der Waals surface area contributed by atoms with E-state index in [9.17, 15) is 9.59 Å². The van der Waals surface area contributed by atoms with Gasteiger partial charge in [-0.1, -0.05) is 12.8 Å². The molecule has 2 rings (SSSR count). The number of carbonyl (C=O) groups excluding carboxylic acids is 1. The van der Waals surface area contributed by atoms with Crippen molar-refractivity contribution in [3.05, 3.63) is 0 Å². The van der Waals surface area contributed by atoms with Crippen LogP contribution in [0.2, 0.25) is 0 Å². The van der Waals surface area contributed by atoms with Gasteiger partial charge in [0.25, 0.3) is 0 Å². The molecule has 2 fully saturated rings. The van der Waals surface area contributed by atoms with Gasteiger partial charge in [-0.15, -0.1) is 0 Å². The molecule has 2 amide bonds. The molecule has 3 N–H and O–H groups in total. The van der Waals surface area contributed by atoms with E-state index in [4.69, 9.17) is 9.84 Å². The highest BCUT2D eigenvalue weighted by atomic mass is 16.5. The highest BCUT2D eigenvalue weighted by Gasteiger charge is 2.37. The monoisotopic (exact) mass is 284 g/mol. The third-order valence-corrected chi connectivity index (χ3v) is 4.19. The van der Waals surface area contributed by atoms with Gasteiger partial charge in [0.15, 0.2) is 0 Å². The van der Waals surface area contributed by atoms with Crippen LogP contribution in [-0.4, -0.2) is 41.9 Å². The minimum atomic E-state index is -0.859. The van der Waals surface area contributed by atoms with E-state index in [-0.39, 0.29) is 18.6 Å². The van der Waals surface area contributed by atoms with Crippen LogP contribution < -0.4 is 10.6 Å². The largest absolute Gasteiger partial charge is 0.481 e. The zero-order chi connectivity index (χ0) is 14.4. The van der Waals surface area contributed by atoms with Gasteiger partial charge in [-0.25, -0.2) is 4.79 Å². The summed E-state index contributed by atoms with van der Waals surface area (Å²) in [6.07, 6.45) is 6.72. The van der Waals surface area contributed by atoms with E-state index in [0.717, 1.165) is 51.6 Å². The summed E-state index contributed by atoms with van der Waals surface area (Å²) in [6.45, 7) is 1.26. The van der Waals surface area contributed by atoms with Crippen molar-refractivity contribution in [3.8, 4) is 0 Å². The first-order valence-corrected chi connectivity index (χ1v) is 7.49.